The van der Waals surface area contributed by atoms with Crippen molar-refractivity contribution in [2.24, 2.45) is 0 Å². The average molecular weight is 251 g/mol. The summed E-state index contributed by atoms with van der Waals surface area (Å²) in [5, 5.41) is 12.0. The Labute approximate surface area is 106 Å². The van der Waals surface area contributed by atoms with E-state index >= 15 is 0 Å². The van der Waals surface area contributed by atoms with E-state index in [9.17, 15) is 4.79 Å². The molecule has 2 N–H and O–H groups in total. The number of carbonyl (C=O) groups excluding carboxylic acids is 1. The van der Waals surface area contributed by atoms with Gasteiger partial charge in [-0.05, 0) is 24.5 Å². The predicted octanol–water partition coefficient (Wildman–Crippen LogP) is 2.05. The van der Waals surface area contributed by atoms with Gasteiger partial charge in [-0.25, -0.2) is 0 Å². The van der Waals surface area contributed by atoms with Crippen LogP contribution in [-0.2, 0) is 11.2 Å². The van der Waals surface area contributed by atoms with Gasteiger partial charge in [-0.1, -0.05) is 25.1 Å². The summed E-state index contributed by atoms with van der Waals surface area (Å²) in [5.74, 6) is 0.0558. The first-order chi connectivity index (χ1) is 8.20. The van der Waals surface area contributed by atoms with Gasteiger partial charge in [0.15, 0.2) is 0 Å². The van der Waals surface area contributed by atoms with Crippen molar-refractivity contribution in [1.29, 1.82) is 0 Å². The van der Waals surface area contributed by atoms with Gasteiger partial charge in [0.05, 0.1) is 11.9 Å². The Balaban J connectivity index is 2.10. The normalized spacial score (nSPS) is 21.3. The zero-order valence-electron chi connectivity index (χ0n) is 9.85. The van der Waals surface area contributed by atoms with Crippen molar-refractivity contribution < 1.29 is 9.90 Å². The number of aliphatic hydroxyl groups excluding tert-OH is 1. The van der Waals surface area contributed by atoms with E-state index in [2.05, 4.69) is 11.4 Å². The molecule has 0 saturated carbocycles. The number of thioether (sulfide) groups is 1. The van der Waals surface area contributed by atoms with Gasteiger partial charge in [-0.3, -0.25) is 4.79 Å². The molecule has 1 aliphatic rings. The highest BCUT2D eigenvalue weighted by atomic mass is 32.2. The topological polar surface area (TPSA) is 49.3 Å². The molecule has 92 valence electrons. The Bertz CT molecular complexity index is 408. The Morgan fingerprint density at radius 2 is 2.29 bits per heavy atom. The van der Waals surface area contributed by atoms with Crippen molar-refractivity contribution in [2.45, 2.75) is 30.3 Å². The van der Waals surface area contributed by atoms with Crippen molar-refractivity contribution in [1.82, 2.24) is 0 Å². The van der Waals surface area contributed by atoms with Gasteiger partial charge in [0.1, 0.15) is 0 Å². The fourth-order valence-electron chi connectivity index (χ4n) is 1.94. The molecule has 3 nitrogen and oxygen atoms in total. The van der Waals surface area contributed by atoms with E-state index in [0.29, 0.717) is 0 Å². The van der Waals surface area contributed by atoms with Crippen LogP contribution in [0.1, 0.15) is 18.9 Å². The maximum Gasteiger partial charge on any atom is 0.237 e. The van der Waals surface area contributed by atoms with E-state index in [1.807, 2.05) is 25.1 Å². The second-order valence-corrected chi connectivity index (χ2v) is 5.95. The molecule has 2 rings (SSSR count). The van der Waals surface area contributed by atoms with Gasteiger partial charge in [0.2, 0.25) is 5.91 Å². The number of fused-ring (bicyclic) bond motifs is 1. The van der Waals surface area contributed by atoms with Crippen LogP contribution < -0.4 is 5.32 Å². The number of benzene rings is 1. The van der Waals surface area contributed by atoms with Gasteiger partial charge >= 0.3 is 0 Å². The van der Waals surface area contributed by atoms with E-state index in [0.717, 1.165) is 18.5 Å². The fraction of sp³-hybridized carbons (Fsp3) is 0.462. The highest BCUT2D eigenvalue weighted by molar-refractivity contribution is 8.01. The molecule has 2 atom stereocenters. The van der Waals surface area contributed by atoms with Crippen molar-refractivity contribution in [2.75, 3.05) is 11.9 Å². The van der Waals surface area contributed by atoms with E-state index in [1.165, 1.54) is 5.56 Å². The van der Waals surface area contributed by atoms with Crippen LogP contribution in [-0.4, -0.2) is 28.1 Å². The number of hydrogen-bond donors (Lipinski definition) is 2. The molecule has 0 aliphatic carbocycles. The maximum atomic E-state index is 12.0. The average Bonchev–Trinajstić information content (AvgIpc) is 2.49. The summed E-state index contributed by atoms with van der Waals surface area (Å²) in [6.45, 7) is 2.05. The van der Waals surface area contributed by atoms with E-state index in [1.54, 1.807) is 11.8 Å². The molecule has 0 fully saturated rings. The second kappa shape index (κ2) is 5.56. The lowest BCUT2D eigenvalue weighted by Gasteiger charge is -2.16. The minimum Gasteiger partial charge on any atom is -0.395 e. The molecular formula is C13H17NO2S. The molecule has 1 heterocycles. The lowest BCUT2D eigenvalue weighted by atomic mass is 10.1. The third kappa shape index (κ3) is 3.01. The summed E-state index contributed by atoms with van der Waals surface area (Å²) in [6, 6.07) is 7.92. The SMILES string of the molecule is CC(CO)SC1CCc2ccccc2NC1=O. The molecule has 1 aliphatic heterocycles. The first-order valence-electron chi connectivity index (χ1n) is 5.86. The molecule has 0 radical (unpaired) electrons. The summed E-state index contributed by atoms with van der Waals surface area (Å²) in [5.41, 5.74) is 2.12. The van der Waals surface area contributed by atoms with Crippen LogP contribution in [0, 0.1) is 0 Å². The van der Waals surface area contributed by atoms with Crippen LogP contribution in [0.5, 0.6) is 0 Å². The van der Waals surface area contributed by atoms with Crippen molar-refractivity contribution in [3.63, 3.8) is 0 Å². The highest BCUT2D eigenvalue weighted by Gasteiger charge is 2.25. The van der Waals surface area contributed by atoms with Crippen LogP contribution in [0.3, 0.4) is 0 Å². The quantitative estimate of drug-likeness (QED) is 0.864. The summed E-state index contributed by atoms with van der Waals surface area (Å²) in [6.07, 6.45) is 1.74. The number of amides is 1. The van der Waals surface area contributed by atoms with Gasteiger partial charge < -0.3 is 10.4 Å². The summed E-state index contributed by atoms with van der Waals surface area (Å²) < 4.78 is 0. The predicted molar refractivity (Wildman–Crippen MR) is 71.3 cm³/mol. The summed E-state index contributed by atoms with van der Waals surface area (Å²) >= 11 is 1.55. The van der Waals surface area contributed by atoms with Crippen molar-refractivity contribution in [3.05, 3.63) is 29.8 Å². The number of aliphatic hydroxyl groups is 1. The van der Waals surface area contributed by atoms with Crippen LogP contribution in [0.25, 0.3) is 0 Å². The maximum absolute atomic E-state index is 12.0. The molecule has 4 heteroatoms. The molecule has 1 aromatic carbocycles. The third-order valence-electron chi connectivity index (χ3n) is 2.90. The van der Waals surface area contributed by atoms with Crippen LogP contribution in [0.4, 0.5) is 5.69 Å². The molecule has 1 amide bonds. The van der Waals surface area contributed by atoms with Crippen LogP contribution >= 0.6 is 11.8 Å². The first-order valence-corrected chi connectivity index (χ1v) is 6.80. The summed E-state index contributed by atoms with van der Waals surface area (Å²) in [7, 11) is 0. The van der Waals surface area contributed by atoms with Crippen LogP contribution in [0.15, 0.2) is 24.3 Å². The first kappa shape index (κ1) is 12.5. The van der Waals surface area contributed by atoms with E-state index < -0.39 is 0 Å². The Morgan fingerprint density at radius 1 is 1.53 bits per heavy atom. The van der Waals surface area contributed by atoms with Crippen molar-refractivity contribution in [3.8, 4) is 0 Å². The Morgan fingerprint density at radius 3 is 3.06 bits per heavy atom. The van der Waals surface area contributed by atoms with Gasteiger partial charge in [0, 0.05) is 10.9 Å². The zero-order chi connectivity index (χ0) is 12.3. The number of carbonyl (C=O) groups is 1. The van der Waals surface area contributed by atoms with E-state index in [-0.39, 0.29) is 23.0 Å². The van der Waals surface area contributed by atoms with Gasteiger partial charge in [0.25, 0.3) is 0 Å². The van der Waals surface area contributed by atoms with Crippen LogP contribution in [0.2, 0.25) is 0 Å². The number of aryl methyl sites for hydroxylation is 1. The minimum atomic E-state index is -0.0652. The summed E-state index contributed by atoms with van der Waals surface area (Å²) in [4.78, 5) is 12.0. The molecule has 2 unspecified atom stereocenters. The Hall–Kier alpha value is -1.00. The molecular weight excluding hydrogens is 234 g/mol. The second-order valence-electron chi connectivity index (χ2n) is 4.30. The third-order valence-corrected chi connectivity index (χ3v) is 4.29. The van der Waals surface area contributed by atoms with Crippen molar-refractivity contribution >= 4 is 23.4 Å². The lowest BCUT2D eigenvalue weighted by Crippen LogP contribution is -2.26. The molecule has 17 heavy (non-hydrogen) atoms. The molecule has 0 bridgehead atoms. The largest absolute Gasteiger partial charge is 0.395 e. The number of para-hydroxylation sites is 1. The molecule has 0 aromatic heterocycles. The number of hydrogen-bond acceptors (Lipinski definition) is 3. The Kier molecular flexibility index (Phi) is 4.07. The molecule has 1 aromatic rings. The van der Waals surface area contributed by atoms with Gasteiger partial charge in [-0.2, -0.15) is 0 Å². The smallest absolute Gasteiger partial charge is 0.237 e. The number of rotatable bonds is 3. The standard InChI is InChI=1S/C13H17NO2S/c1-9(8-15)17-12-7-6-10-4-2-3-5-11(10)14-13(12)16/h2-5,9,12,15H,6-8H2,1H3,(H,14,16). The minimum absolute atomic E-state index is 0.0558. The fourth-order valence-corrected chi connectivity index (χ4v) is 3.03. The molecule has 0 spiro atoms. The number of anilines is 1. The molecule has 0 saturated heterocycles. The number of nitrogens with one attached hydrogen (secondary N) is 1. The van der Waals surface area contributed by atoms with Gasteiger partial charge in [-0.15, -0.1) is 11.8 Å². The zero-order valence-corrected chi connectivity index (χ0v) is 10.7. The lowest BCUT2D eigenvalue weighted by molar-refractivity contribution is -0.115. The van der Waals surface area contributed by atoms with E-state index in [4.69, 9.17) is 5.11 Å². The highest BCUT2D eigenvalue weighted by Crippen LogP contribution is 2.28. The monoisotopic (exact) mass is 251 g/mol.